The Morgan fingerprint density at radius 1 is 1.46 bits per heavy atom. The Labute approximate surface area is 140 Å². The topological polar surface area (TPSA) is 126 Å². The molecule has 1 amide bonds. The van der Waals surface area contributed by atoms with Crippen molar-refractivity contribution in [2.45, 2.75) is 64.2 Å². The predicted molar refractivity (Wildman–Crippen MR) is 82.0 cm³/mol. The van der Waals surface area contributed by atoms with Crippen LogP contribution in [0.15, 0.2) is 12.3 Å². The van der Waals surface area contributed by atoms with E-state index in [1.54, 1.807) is 34.6 Å². The van der Waals surface area contributed by atoms with E-state index in [9.17, 15) is 14.7 Å². The van der Waals surface area contributed by atoms with Gasteiger partial charge in [0.25, 0.3) is 0 Å². The third-order valence-electron chi connectivity index (χ3n) is 3.57. The van der Waals surface area contributed by atoms with Gasteiger partial charge in [-0.05, 0) is 34.6 Å². The Kier molecular flexibility index (Phi) is 5.54. The van der Waals surface area contributed by atoms with Crippen molar-refractivity contribution < 1.29 is 39.1 Å². The van der Waals surface area contributed by atoms with Gasteiger partial charge in [0, 0.05) is 0 Å². The molecule has 0 aromatic rings. The first-order chi connectivity index (χ1) is 10.4. The van der Waals surface area contributed by atoms with Crippen molar-refractivity contribution in [2.75, 3.05) is 6.61 Å². The molecule has 9 heteroatoms. The Bertz CT molecular complexity index is 524. The molecule has 2 aliphatic rings. The lowest BCUT2D eigenvalue weighted by atomic mass is 10.0. The molecule has 3 atom stereocenters. The third-order valence-corrected chi connectivity index (χ3v) is 3.57. The minimum atomic E-state index is -1.25. The maximum absolute atomic E-state index is 12.5. The summed E-state index contributed by atoms with van der Waals surface area (Å²) in [6, 6.07) is -0.768. The Morgan fingerprint density at radius 3 is 2.50 bits per heavy atom. The van der Waals surface area contributed by atoms with Crippen molar-refractivity contribution in [1.82, 2.24) is 4.90 Å². The molecule has 0 unspecified atom stereocenters. The third kappa shape index (κ3) is 3.97. The number of cyclic esters (lactones) is 2. The highest BCUT2D eigenvalue weighted by atomic mass is 16.8. The van der Waals surface area contributed by atoms with Crippen LogP contribution in [0.3, 0.4) is 0 Å². The number of ether oxygens (including phenoxy) is 4. The van der Waals surface area contributed by atoms with E-state index in [4.69, 9.17) is 18.9 Å². The number of hydrogen-bond donors (Lipinski definition) is 1. The van der Waals surface area contributed by atoms with Gasteiger partial charge in [0.05, 0.1) is 12.6 Å². The summed E-state index contributed by atoms with van der Waals surface area (Å²) in [5.74, 6) is -0.00338. The van der Waals surface area contributed by atoms with Crippen molar-refractivity contribution >= 4 is 12.2 Å². The van der Waals surface area contributed by atoms with Crippen LogP contribution in [0.4, 0.5) is 9.59 Å². The van der Waals surface area contributed by atoms with Crippen molar-refractivity contribution in [3.63, 3.8) is 0 Å². The van der Waals surface area contributed by atoms with Gasteiger partial charge in [0.2, 0.25) is 0 Å². The molecule has 0 aromatic carbocycles. The first-order valence-electron chi connectivity index (χ1n) is 7.34. The number of amides is 1. The molecule has 0 bridgehead atoms. The van der Waals surface area contributed by atoms with Crippen molar-refractivity contribution in [3.05, 3.63) is 12.3 Å². The fraction of sp³-hybridized carbons (Fsp3) is 0.733. The summed E-state index contributed by atoms with van der Waals surface area (Å²) in [5.41, 5.74) is -1.67. The van der Waals surface area contributed by atoms with E-state index in [0.29, 0.717) is 0 Å². The van der Waals surface area contributed by atoms with Gasteiger partial charge in [-0.15, -0.1) is 0 Å². The molecule has 2 aliphatic heterocycles. The van der Waals surface area contributed by atoms with Crippen LogP contribution in [0.25, 0.3) is 0 Å². The van der Waals surface area contributed by atoms with Crippen LogP contribution in [0.2, 0.25) is 0 Å². The normalized spacial score (nSPS) is 27.2. The lowest BCUT2D eigenvalue weighted by Gasteiger charge is -2.37. The smallest absolute Gasteiger partial charge is 0.444 e. The Balaban J connectivity index is 0.00000288. The fourth-order valence-corrected chi connectivity index (χ4v) is 2.57. The van der Waals surface area contributed by atoms with E-state index in [2.05, 4.69) is 6.58 Å². The first kappa shape index (κ1) is 20.2. The van der Waals surface area contributed by atoms with E-state index < -0.39 is 41.8 Å². The van der Waals surface area contributed by atoms with Crippen molar-refractivity contribution in [2.24, 2.45) is 0 Å². The quantitative estimate of drug-likeness (QED) is 0.737. The Hall–Kier alpha value is -1.84. The molecule has 3 N–H and O–H groups in total. The molecule has 2 rings (SSSR count). The molecular weight excluding hydrogens is 322 g/mol. The lowest BCUT2D eigenvalue weighted by molar-refractivity contribution is -0.0728. The lowest BCUT2D eigenvalue weighted by Crippen LogP contribution is -2.55. The molecule has 0 aromatic heterocycles. The number of aliphatic hydroxyl groups is 1. The summed E-state index contributed by atoms with van der Waals surface area (Å²) in [4.78, 5) is 25.0. The predicted octanol–water partition coefficient (Wildman–Crippen LogP) is 0.944. The molecular formula is C15H25NO8. The van der Waals surface area contributed by atoms with Gasteiger partial charge in [-0.2, -0.15) is 0 Å². The largest absolute Gasteiger partial charge is 0.514 e. The van der Waals surface area contributed by atoms with Gasteiger partial charge < -0.3 is 29.5 Å². The minimum Gasteiger partial charge on any atom is -0.444 e. The van der Waals surface area contributed by atoms with E-state index in [0.717, 1.165) is 0 Å². The van der Waals surface area contributed by atoms with Gasteiger partial charge in [0.15, 0.2) is 6.10 Å². The molecule has 2 fully saturated rings. The average molecular weight is 347 g/mol. The number of hydrogen-bond acceptors (Lipinski definition) is 7. The summed E-state index contributed by atoms with van der Waals surface area (Å²) >= 11 is 0. The van der Waals surface area contributed by atoms with Gasteiger partial charge in [0.1, 0.15) is 23.2 Å². The summed E-state index contributed by atoms with van der Waals surface area (Å²) < 4.78 is 20.6. The number of rotatable bonds is 2. The summed E-state index contributed by atoms with van der Waals surface area (Å²) in [6.45, 7) is 12.2. The van der Waals surface area contributed by atoms with Gasteiger partial charge in [-0.25, -0.2) is 9.59 Å². The monoisotopic (exact) mass is 347 g/mol. The average Bonchev–Trinajstić information content (AvgIpc) is 2.85. The summed E-state index contributed by atoms with van der Waals surface area (Å²) in [6.07, 6.45) is -3.86. The maximum Gasteiger partial charge on any atom is 0.514 e. The highest BCUT2D eigenvalue weighted by molar-refractivity contribution is 5.70. The van der Waals surface area contributed by atoms with Crippen LogP contribution < -0.4 is 0 Å². The van der Waals surface area contributed by atoms with Gasteiger partial charge >= 0.3 is 12.2 Å². The molecule has 0 spiro atoms. The molecule has 0 aliphatic carbocycles. The molecule has 2 saturated heterocycles. The van der Waals surface area contributed by atoms with Crippen LogP contribution in [0, 0.1) is 0 Å². The second-order valence-corrected chi connectivity index (χ2v) is 7.02. The zero-order valence-corrected chi connectivity index (χ0v) is 14.5. The Morgan fingerprint density at radius 2 is 2.04 bits per heavy atom. The zero-order chi connectivity index (χ0) is 17.6. The van der Waals surface area contributed by atoms with E-state index in [-0.39, 0.29) is 17.8 Å². The summed E-state index contributed by atoms with van der Waals surface area (Å²) in [7, 11) is 0. The number of aliphatic hydroxyl groups excluding tert-OH is 1. The number of carbonyl (C=O) groups excluding carboxylic acids is 2. The maximum atomic E-state index is 12.5. The first-order valence-corrected chi connectivity index (χ1v) is 7.34. The van der Waals surface area contributed by atoms with E-state index >= 15 is 0 Å². The molecule has 9 nitrogen and oxygen atoms in total. The van der Waals surface area contributed by atoms with Crippen LogP contribution in [0.5, 0.6) is 0 Å². The second-order valence-electron chi connectivity index (χ2n) is 7.02. The fourth-order valence-electron chi connectivity index (χ4n) is 2.57. The molecule has 24 heavy (non-hydrogen) atoms. The summed E-state index contributed by atoms with van der Waals surface area (Å²) in [5, 5.41) is 10.5. The van der Waals surface area contributed by atoms with Crippen molar-refractivity contribution in [1.29, 1.82) is 0 Å². The van der Waals surface area contributed by atoms with E-state index in [1.807, 2.05) is 0 Å². The van der Waals surface area contributed by atoms with Crippen LogP contribution in [0.1, 0.15) is 34.6 Å². The van der Waals surface area contributed by atoms with Crippen LogP contribution >= 0.6 is 0 Å². The zero-order valence-electron chi connectivity index (χ0n) is 14.5. The SMILES string of the molecule is C=C1OC(=O)O[C@H]1[C@@H](O)[C@@H]1COC(C)(C)N1C(=O)OC(C)(C)C.O. The number of nitrogens with zero attached hydrogens (tertiary/aromatic N) is 1. The standard InChI is InChI=1S/C15H23NO7.H2O/c1-8-11(22-13(19)21-8)10(17)9-7-20-15(5,6)16(9)12(18)23-14(2,3)4;/h9-11,17H,1,7H2,2-6H3;1H2/t9-,10-,11+;/m0./s1. The molecule has 0 saturated carbocycles. The van der Waals surface area contributed by atoms with Crippen molar-refractivity contribution in [3.8, 4) is 0 Å². The molecule has 138 valence electrons. The molecule has 2 heterocycles. The van der Waals surface area contributed by atoms with Crippen LogP contribution in [-0.2, 0) is 18.9 Å². The molecule has 0 radical (unpaired) electrons. The van der Waals surface area contributed by atoms with Gasteiger partial charge in [-0.3, -0.25) is 4.90 Å². The van der Waals surface area contributed by atoms with E-state index in [1.165, 1.54) is 4.90 Å². The number of carbonyl (C=O) groups is 2. The minimum absolute atomic E-state index is 0. The van der Waals surface area contributed by atoms with Crippen LogP contribution in [-0.4, -0.2) is 63.9 Å². The van der Waals surface area contributed by atoms with Gasteiger partial charge in [-0.1, -0.05) is 6.58 Å². The highest BCUT2D eigenvalue weighted by Crippen LogP contribution is 2.34. The highest BCUT2D eigenvalue weighted by Gasteiger charge is 2.52. The second kappa shape index (κ2) is 6.58.